The van der Waals surface area contributed by atoms with Crippen molar-refractivity contribution in [2.45, 2.75) is 32.1 Å². The molecule has 0 aromatic carbocycles. The van der Waals surface area contributed by atoms with E-state index in [2.05, 4.69) is 21.4 Å². The Morgan fingerprint density at radius 1 is 1.37 bits per heavy atom. The molecule has 0 atom stereocenters. The van der Waals surface area contributed by atoms with Crippen LogP contribution in [0.2, 0.25) is 0 Å². The molecule has 102 valence electrons. The van der Waals surface area contributed by atoms with E-state index in [9.17, 15) is 0 Å². The summed E-state index contributed by atoms with van der Waals surface area (Å²) in [7, 11) is 1.74. The smallest absolute Gasteiger partial charge is 0.182 e. The number of nitriles is 1. The molecular formula is C14H20N4O. The molecule has 5 heteroatoms. The third-order valence-electron chi connectivity index (χ3n) is 3.94. The van der Waals surface area contributed by atoms with Crippen LogP contribution in [0.15, 0.2) is 12.4 Å². The zero-order chi connectivity index (χ0) is 13.6. The SMILES string of the molecule is COCCC1(CNc2nccnc2C#N)CCCC1. The van der Waals surface area contributed by atoms with Crippen LogP contribution in [-0.4, -0.2) is 30.2 Å². The summed E-state index contributed by atoms with van der Waals surface area (Å²) >= 11 is 0. The summed E-state index contributed by atoms with van der Waals surface area (Å²) in [5, 5.41) is 12.3. The van der Waals surface area contributed by atoms with Crippen LogP contribution in [-0.2, 0) is 4.74 Å². The van der Waals surface area contributed by atoms with E-state index in [4.69, 9.17) is 10.00 Å². The minimum atomic E-state index is 0.278. The average molecular weight is 260 g/mol. The van der Waals surface area contributed by atoms with Gasteiger partial charge < -0.3 is 10.1 Å². The molecule has 0 aliphatic heterocycles. The third-order valence-corrected chi connectivity index (χ3v) is 3.94. The van der Waals surface area contributed by atoms with Crippen LogP contribution in [0.4, 0.5) is 5.82 Å². The summed E-state index contributed by atoms with van der Waals surface area (Å²) in [5.41, 5.74) is 0.641. The zero-order valence-electron chi connectivity index (χ0n) is 11.4. The fraction of sp³-hybridized carbons (Fsp3) is 0.643. The normalized spacial score (nSPS) is 17.1. The number of aromatic nitrogens is 2. The first-order chi connectivity index (χ1) is 9.29. The number of hydrogen-bond donors (Lipinski definition) is 1. The molecule has 1 aromatic heterocycles. The van der Waals surface area contributed by atoms with E-state index in [0.717, 1.165) is 19.6 Å². The zero-order valence-corrected chi connectivity index (χ0v) is 11.4. The molecule has 0 spiro atoms. The predicted octanol–water partition coefficient (Wildman–Crippen LogP) is 2.36. The van der Waals surface area contributed by atoms with Crippen molar-refractivity contribution in [1.29, 1.82) is 5.26 Å². The Balaban J connectivity index is 2.01. The van der Waals surface area contributed by atoms with Crippen molar-refractivity contribution in [2.75, 3.05) is 25.6 Å². The summed E-state index contributed by atoms with van der Waals surface area (Å²) in [6, 6.07) is 2.07. The van der Waals surface area contributed by atoms with E-state index in [1.807, 2.05) is 0 Å². The van der Waals surface area contributed by atoms with Gasteiger partial charge in [0.05, 0.1) is 0 Å². The molecule has 2 rings (SSSR count). The van der Waals surface area contributed by atoms with Crippen LogP contribution in [0.25, 0.3) is 0 Å². The van der Waals surface area contributed by atoms with Crippen molar-refractivity contribution in [1.82, 2.24) is 9.97 Å². The van der Waals surface area contributed by atoms with Crippen LogP contribution in [0.5, 0.6) is 0 Å². The Kier molecular flexibility index (Phi) is 4.69. The summed E-state index contributed by atoms with van der Waals surface area (Å²) in [6.07, 6.45) is 9.18. The average Bonchev–Trinajstić information content (AvgIpc) is 2.92. The highest BCUT2D eigenvalue weighted by Crippen LogP contribution is 2.41. The maximum atomic E-state index is 9.00. The largest absolute Gasteiger partial charge is 0.385 e. The summed E-state index contributed by atoms with van der Waals surface area (Å²) in [4.78, 5) is 8.21. The van der Waals surface area contributed by atoms with E-state index < -0.39 is 0 Å². The van der Waals surface area contributed by atoms with Gasteiger partial charge in [-0.15, -0.1) is 0 Å². The standard InChI is InChI=1S/C14H20N4O/c1-19-9-6-14(4-2-3-5-14)11-18-13-12(10-15)16-7-8-17-13/h7-8H,2-6,9,11H2,1H3,(H,17,18). The molecule has 0 radical (unpaired) electrons. The number of nitrogens with one attached hydrogen (secondary N) is 1. The molecule has 1 aromatic rings. The topological polar surface area (TPSA) is 70.8 Å². The maximum Gasteiger partial charge on any atom is 0.182 e. The lowest BCUT2D eigenvalue weighted by Crippen LogP contribution is -2.28. The van der Waals surface area contributed by atoms with Crippen LogP contribution in [0, 0.1) is 16.7 Å². The van der Waals surface area contributed by atoms with E-state index in [0.29, 0.717) is 11.5 Å². The summed E-state index contributed by atoms with van der Waals surface area (Å²) < 4.78 is 5.22. The molecule has 1 N–H and O–H groups in total. The molecule has 1 aliphatic rings. The fourth-order valence-electron chi connectivity index (χ4n) is 2.78. The van der Waals surface area contributed by atoms with Crippen LogP contribution < -0.4 is 5.32 Å². The maximum absolute atomic E-state index is 9.00. The van der Waals surface area contributed by atoms with Gasteiger partial charge in [-0.25, -0.2) is 9.97 Å². The first-order valence-corrected chi connectivity index (χ1v) is 6.74. The van der Waals surface area contributed by atoms with Gasteiger partial charge in [0.15, 0.2) is 11.5 Å². The summed E-state index contributed by atoms with van der Waals surface area (Å²) in [6.45, 7) is 1.62. The predicted molar refractivity (Wildman–Crippen MR) is 72.6 cm³/mol. The van der Waals surface area contributed by atoms with Gasteiger partial charge in [0.2, 0.25) is 0 Å². The number of nitrogens with zero attached hydrogens (tertiary/aromatic N) is 3. The Morgan fingerprint density at radius 3 is 2.79 bits per heavy atom. The van der Waals surface area contributed by atoms with Gasteiger partial charge in [-0.05, 0) is 24.7 Å². The highest BCUT2D eigenvalue weighted by Gasteiger charge is 2.33. The van der Waals surface area contributed by atoms with E-state index >= 15 is 0 Å². The fourth-order valence-corrected chi connectivity index (χ4v) is 2.78. The minimum absolute atomic E-state index is 0.278. The number of hydrogen-bond acceptors (Lipinski definition) is 5. The van der Waals surface area contributed by atoms with Crippen molar-refractivity contribution in [3.8, 4) is 6.07 Å². The number of anilines is 1. The lowest BCUT2D eigenvalue weighted by atomic mass is 9.83. The Bertz CT molecular complexity index is 449. The lowest BCUT2D eigenvalue weighted by Gasteiger charge is -2.29. The monoisotopic (exact) mass is 260 g/mol. The minimum Gasteiger partial charge on any atom is -0.385 e. The second-order valence-electron chi connectivity index (χ2n) is 5.17. The van der Waals surface area contributed by atoms with Crippen molar-refractivity contribution in [2.24, 2.45) is 5.41 Å². The molecule has 0 amide bonds. The third kappa shape index (κ3) is 3.42. The van der Waals surface area contributed by atoms with Crippen LogP contribution in [0.3, 0.4) is 0 Å². The molecule has 5 nitrogen and oxygen atoms in total. The van der Waals surface area contributed by atoms with Gasteiger partial charge in [0.1, 0.15) is 6.07 Å². The first kappa shape index (κ1) is 13.8. The Morgan fingerprint density at radius 2 is 2.11 bits per heavy atom. The Hall–Kier alpha value is -1.67. The molecule has 1 aliphatic carbocycles. The first-order valence-electron chi connectivity index (χ1n) is 6.74. The number of methoxy groups -OCH3 is 1. The molecule has 1 heterocycles. The van der Waals surface area contributed by atoms with E-state index in [1.165, 1.54) is 25.7 Å². The van der Waals surface area contributed by atoms with E-state index in [1.54, 1.807) is 19.5 Å². The second kappa shape index (κ2) is 6.48. The van der Waals surface area contributed by atoms with Gasteiger partial charge in [-0.3, -0.25) is 0 Å². The van der Waals surface area contributed by atoms with Crippen LogP contribution >= 0.6 is 0 Å². The lowest BCUT2D eigenvalue weighted by molar-refractivity contribution is 0.143. The van der Waals surface area contributed by atoms with Crippen molar-refractivity contribution in [3.05, 3.63) is 18.1 Å². The molecule has 0 saturated heterocycles. The van der Waals surface area contributed by atoms with Gasteiger partial charge in [-0.2, -0.15) is 5.26 Å². The number of rotatable bonds is 6. The second-order valence-corrected chi connectivity index (χ2v) is 5.17. The van der Waals surface area contributed by atoms with Crippen molar-refractivity contribution >= 4 is 5.82 Å². The molecule has 0 unspecified atom stereocenters. The van der Waals surface area contributed by atoms with Gasteiger partial charge in [0, 0.05) is 32.7 Å². The molecular weight excluding hydrogens is 240 g/mol. The highest BCUT2D eigenvalue weighted by atomic mass is 16.5. The van der Waals surface area contributed by atoms with Gasteiger partial charge in [0.25, 0.3) is 0 Å². The summed E-state index contributed by atoms with van der Waals surface area (Å²) in [5.74, 6) is 0.591. The quantitative estimate of drug-likeness (QED) is 0.850. The molecule has 1 fully saturated rings. The van der Waals surface area contributed by atoms with Crippen molar-refractivity contribution < 1.29 is 4.74 Å². The van der Waals surface area contributed by atoms with Crippen molar-refractivity contribution in [3.63, 3.8) is 0 Å². The van der Waals surface area contributed by atoms with Crippen LogP contribution in [0.1, 0.15) is 37.8 Å². The Labute approximate surface area is 114 Å². The molecule has 1 saturated carbocycles. The number of ether oxygens (including phenoxy) is 1. The van der Waals surface area contributed by atoms with Gasteiger partial charge >= 0.3 is 0 Å². The molecule has 0 bridgehead atoms. The van der Waals surface area contributed by atoms with Gasteiger partial charge in [-0.1, -0.05) is 12.8 Å². The van der Waals surface area contributed by atoms with E-state index in [-0.39, 0.29) is 5.41 Å². The highest BCUT2D eigenvalue weighted by molar-refractivity contribution is 5.46. The molecule has 19 heavy (non-hydrogen) atoms.